The summed E-state index contributed by atoms with van der Waals surface area (Å²) >= 11 is 0. The predicted octanol–water partition coefficient (Wildman–Crippen LogP) is 5.23. The van der Waals surface area contributed by atoms with Gasteiger partial charge >= 0.3 is 5.97 Å². The van der Waals surface area contributed by atoms with Gasteiger partial charge in [-0.3, -0.25) is 4.98 Å². The first-order valence-corrected chi connectivity index (χ1v) is 15.5. The zero-order valence-electron chi connectivity index (χ0n) is 25.7. The highest BCUT2D eigenvalue weighted by Crippen LogP contribution is 2.31. The second-order valence-corrected chi connectivity index (χ2v) is 12.0. The lowest BCUT2D eigenvalue weighted by Gasteiger charge is -2.31. The number of nitrogens with zero attached hydrogens (tertiary/aromatic N) is 3. The topological polar surface area (TPSA) is 118 Å². The predicted molar refractivity (Wildman–Crippen MR) is 163 cm³/mol. The Balaban J connectivity index is 1.28. The monoisotopic (exact) mass is 577 g/mol. The Labute approximate surface area is 250 Å². The standard InChI is InChI=1S/C33H47N5O4/c1-5-41-32(39)25(4)42-20-24(3)37-27-11-9-26(10-12-27)17-28-18-29(23(2)19-35-28)30-7-6-8-31(38-30)36-22-33(21-34)13-15-40-16-14-33/h6-8,18-19,24-27,37H,5,9-17,20,22H2,1-4H3,(H,36,38)/t24-,25+,26?,27?/m1/s1. The van der Waals surface area contributed by atoms with Crippen molar-refractivity contribution in [3.8, 4) is 17.3 Å². The zero-order valence-corrected chi connectivity index (χ0v) is 25.7. The Hall–Kier alpha value is -3.06. The lowest BCUT2D eigenvalue weighted by Crippen LogP contribution is -2.42. The maximum atomic E-state index is 11.8. The van der Waals surface area contributed by atoms with Crippen LogP contribution in [0.1, 0.15) is 70.6 Å². The molecule has 9 heteroatoms. The number of pyridine rings is 2. The summed E-state index contributed by atoms with van der Waals surface area (Å²) in [5.41, 5.74) is 3.82. The van der Waals surface area contributed by atoms with E-state index in [4.69, 9.17) is 24.2 Å². The third-order valence-electron chi connectivity index (χ3n) is 8.56. The van der Waals surface area contributed by atoms with Crippen LogP contribution in [0.3, 0.4) is 0 Å². The molecule has 228 valence electrons. The van der Waals surface area contributed by atoms with Crippen LogP contribution in [0, 0.1) is 29.6 Å². The summed E-state index contributed by atoms with van der Waals surface area (Å²) in [6.07, 6.45) is 8.40. The second-order valence-electron chi connectivity index (χ2n) is 12.0. The molecular formula is C33H47N5O4. The molecule has 4 rings (SSSR count). The van der Waals surface area contributed by atoms with E-state index in [1.165, 1.54) is 0 Å². The molecule has 1 aliphatic heterocycles. The fourth-order valence-electron chi connectivity index (χ4n) is 5.88. The summed E-state index contributed by atoms with van der Waals surface area (Å²) in [4.78, 5) is 21.4. The van der Waals surface area contributed by atoms with Crippen molar-refractivity contribution in [3.05, 3.63) is 41.7 Å². The molecule has 1 aliphatic carbocycles. The maximum absolute atomic E-state index is 11.8. The van der Waals surface area contributed by atoms with E-state index in [2.05, 4.69) is 36.6 Å². The van der Waals surface area contributed by atoms with Crippen molar-refractivity contribution in [1.29, 1.82) is 5.26 Å². The Bertz CT molecular complexity index is 1200. The zero-order chi connectivity index (χ0) is 30.0. The Morgan fingerprint density at radius 2 is 1.98 bits per heavy atom. The van der Waals surface area contributed by atoms with Crippen molar-refractivity contribution in [3.63, 3.8) is 0 Å². The third-order valence-corrected chi connectivity index (χ3v) is 8.56. The average molecular weight is 578 g/mol. The number of hydrogen-bond acceptors (Lipinski definition) is 9. The van der Waals surface area contributed by atoms with Gasteiger partial charge < -0.3 is 24.8 Å². The van der Waals surface area contributed by atoms with Crippen LogP contribution in [-0.4, -0.2) is 67.1 Å². The van der Waals surface area contributed by atoms with Gasteiger partial charge in [-0.15, -0.1) is 0 Å². The smallest absolute Gasteiger partial charge is 0.334 e. The van der Waals surface area contributed by atoms with Gasteiger partial charge in [0.25, 0.3) is 0 Å². The molecular weight excluding hydrogens is 530 g/mol. The molecule has 2 N–H and O–H groups in total. The summed E-state index contributed by atoms with van der Waals surface area (Å²) in [5, 5.41) is 16.9. The first kappa shape index (κ1) is 31.9. The highest BCUT2D eigenvalue weighted by molar-refractivity contribution is 5.74. The number of hydrogen-bond donors (Lipinski definition) is 2. The molecule has 42 heavy (non-hydrogen) atoms. The van der Waals surface area contributed by atoms with Gasteiger partial charge in [-0.1, -0.05) is 6.07 Å². The van der Waals surface area contributed by atoms with Crippen LogP contribution in [0.4, 0.5) is 5.82 Å². The number of carbonyl (C=O) groups is 1. The van der Waals surface area contributed by atoms with Gasteiger partial charge in [-0.05, 0) is 102 Å². The molecule has 0 spiro atoms. The van der Waals surface area contributed by atoms with Crippen LogP contribution in [0.15, 0.2) is 30.5 Å². The van der Waals surface area contributed by atoms with Gasteiger partial charge in [0, 0.05) is 49.3 Å². The quantitative estimate of drug-likeness (QED) is 0.308. The number of carbonyl (C=O) groups excluding carboxylic acids is 1. The molecule has 0 bridgehead atoms. The first-order chi connectivity index (χ1) is 20.3. The van der Waals surface area contributed by atoms with Crippen molar-refractivity contribution >= 4 is 11.8 Å². The second kappa shape index (κ2) is 15.4. The minimum atomic E-state index is -0.543. The number of aromatic nitrogens is 2. The Kier molecular flexibility index (Phi) is 11.7. The third kappa shape index (κ3) is 8.97. The van der Waals surface area contributed by atoms with Crippen molar-refractivity contribution in [1.82, 2.24) is 15.3 Å². The number of rotatable bonds is 13. The fraction of sp³-hybridized carbons (Fsp3) is 0.636. The summed E-state index contributed by atoms with van der Waals surface area (Å²) in [5.74, 6) is 1.08. The number of nitriles is 1. The fourth-order valence-corrected chi connectivity index (χ4v) is 5.88. The molecule has 2 fully saturated rings. The van der Waals surface area contributed by atoms with E-state index in [-0.39, 0.29) is 12.0 Å². The average Bonchev–Trinajstić information content (AvgIpc) is 3.01. The minimum absolute atomic E-state index is 0.171. The van der Waals surface area contributed by atoms with E-state index in [0.717, 1.165) is 73.3 Å². The molecule has 1 saturated heterocycles. The summed E-state index contributed by atoms with van der Waals surface area (Å²) in [7, 11) is 0. The van der Waals surface area contributed by atoms with Crippen LogP contribution >= 0.6 is 0 Å². The molecule has 3 heterocycles. The van der Waals surface area contributed by atoms with Crippen LogP contribution < -0.4 is 10.6 Å². The molecule has 2 atom stereocenters. The molecule has 0 aromatic carbocycles. The van der Waals surface area contributed by atoms with Gasteiger partial charge in [0.15, 0.2) is 6.10 Å². The van der Waals surface area contributed by atoms with E-state index in [9.17, 15) is 10.1 Å². The molecule has 1 saturated carbocycles. The van der Waals surface area contributed by atoms with E-state index >= 15 is 0 Å². The van der Waals surface area contributed by atoms with E-state index in [0.29, 0.717) is 44.9 Å². The van der Waals surface area contributed by atoms with Crippen LogP contribution in [-0.2, 0) is 25.4 Å². The normalized spacial score (nSPS) is 21.6. The van der Waals surface area contributed by atoms with E-state index < -0.39 is 11.5 Å². The van der Waals surface area contributed by atoms with Crippen molar-refractivity contribution < 1.29 is 19.0 Å². The van der Waals surface area contributed by atoms with Gasteiger partial charge in [0.2, 0.25) is 0 Å². The number of nitrogens with one attached hydrogen (secondary N) is 2. The molecule has 9 nitrogen and oxygen atoms in total. The first-order valence-electron chi connectivity index (χ1n) is 15.5. The molecule has 0 radical (unpaired) electrons. The Morgan fingerprint density at radius 3 is 2.69 bits per heavy atom. The van der Waals surface area contributed by atoms with Crippen molar-refractivity contribution in [2.24, 2.45) is 11.3 Å². The summed E-state index contributed by atoms with van der Waals surface area (Å²) in [6, 6.07) is 11.4. The lowest BCUT2D eigenvalue weighted by molar-refractivity contribution is -0.155. The van der Waals surface area contributed by atoms with Crippen molar-refractivity contribution in [2.75, 3.05) is 38.3 Å². The Morgan fingerprint density at radius 1 is 1.21 bits per heavy atom. The minimum Gasteiger partial charge on any atom is -0.464 e. The van der Waals surface area contributed by atoms with E-state index in [1.807, 2.05) is 24.4 Å². The number of aryl methyl sites for hydroxylation is 1. The SMILES string of the molecule is CCOC(=O)[C@H](C)OC[C@@H](C)NC1CCC(Cc2cc(-c3cccc(NCC4(C#N)CCOCC4)n3)c(C)cn2)CC1. The van der Waals surface area contributed by atoms with Gasteiger partial charge in [0.1, 0.15) is 5.82 Å². The molecule has 2 aromatic heterocycles. The maximum Gasteiger partial charge on any atom is 0.334 e. The number of ether oxygens (including phenoxy) is 3. The highest BCUT2D eigenvalue weighted by Gasteiger charge is 2.32. The number of anilines is 1. The van der Waals surface area contributed by atoms with Crippen molar-refractivity contribution in [2.45, 2.75) is 90.8 Å². The largest absolute Gasteiger partial charge is 0.464 e. The van der Waals surface area contributed by atoms with E-state index in [1.54, 1.807) is 13.8 Å². The molecule has 0 amide bonds. The summed E-state index contributed by atoms with van der Waals surface area (Å²) < 4.78 is 16.2. The molecule has 2 aromatic rings. The summed E-state index contributed by atoms with van der Waals surface area (Å²) in [6.45, 7) is 10.4. The molecule has 2 aliphatic rings. The molecule has 0 unspecified atom stereocenters. The van der Waals surface area contributed by atoms with Gasteiger partial charge in [-0.2, -0.15) is 5.26 Å². The van der Waals surface area contributed by atoms with Crippen LogP contribution in [0.2, 0.25) is 0 Å². The highest BCUT2D eigenvalue weighted by atomic mass is 16.6. The van der Waals surface area contributed by atoms with Gasteiger partial charge in [0.05, 0.1) is 30.4 Å². The number of esters is 1. The van der Waals surface area contributed by atoms with Gasteiger partial charge in [-0.25, -0.2) is 9.78 Å². The lowest BCUT2D eigenvalue weighted by atomic mass is 9.82. The van der Waals surface area contributed by atoms with Crippen LogP contribution in [0.5, 0.6) is 0 Å². The van der Waals surface area contributed by atoms with Crippen LogP contribution in [0.25, 0.3) is 11.3 Å².